The van der Waals surface area contributed by atoms with Crippen LogP contribution in [0.2, 0.25) is 0 Å². The number of nitrogens with one attached hydrogen (secondary N) is 1. The molecule has 7 nitrogen and oxygen atoms in total. The van der Waals surface area contributed by atoms with Crippen LogP contribution >= 0.6 is 11.8 Å². The highest BCUT2D eigenvalue weighted by Crippen LogP contribution is 2.20. The van der Waals surface area contributed by atoms with Crippen molar-refractivity contribution in [3.8, 4) is 5.75 Å². The molecule has 0 spiro atoms. The van der Waals surface area contributed by atoms with Gasteiger partial charge in [-0.3, -0.25) is 9.59 Å². The van der Waals surface area contributed by atoms with Gasteiger partial charge >= 0.3 is 0 Å². The lowest BCUT2D eigenvalue weighted by Gasteiger charge is -2.14. The molecule has 0 saturated carbocycles. The summed E-state index contributed by atoms with van der Waals surface area (Å²) < 4.78 is 19.9. The predicted octanol–water partition coefficient (Wildman–Crippen LogP) is 3.36. The van der Waals surface area contributed by atoms with Gasteiger partial charge in [0.05, 0.1) is 25.3 Å². The third-order valence-electron chi connectivity index (χ3n) is 4.66. The van der Waals surface area contributed by atoms with E-state index in [1.54, 1.807) is 18.7 Å². The number of ketones is 1. The average Bonchev–Trinajstić information content (AvgIpc) is 3.13. The van der Waals surface area contributed by atoms with Crippen LogP contribution in [0.5, 0.6) is 5.75 Å². The lowest BCUT2D eigenvalue weighted by molar-refractivity contribution is -0.121. The number of nitrogens with zero attached hydrogens (tertiary/aromatic N) is 3. The summed E-state index contributed by atoms with van der Waals surface area (Å²) >= 11 is 1.24. The summed E-state index contributed by atoms with van der Waals surface area (Å²) in [5.41, 5.74) is 1.31. The lowest BCUT2D eigenvalue weighted by Crippen LogP contribution is -2.29. The summed E-state index contributed by atoms with van der Waals surface area (Å²) in [5.74, 6) is 0.816. The van der Waals surface area contributed by atoms with Crippen LogP contribution in [0.4, 0.5) is 4.39 Å². The molecule has 0 radical (unpaired) electrons. The fourth-order valence-electron chi connectivity index (χ4n) is 2.96. The Kier molecular flexibility index (Phi) is 7.41. The molecule has 0 unspecified atom stereocenters. The number of Topliss-reactive ketones (excluding diaryl/α,β-unsaturated/α-hetero) is 1. The number of ether oxygens (including phenoxy) is 1. The molecule has 1 amide bonds. The second kappa shape index (κ2) is 10.2. The van der Waals surface area contributed by atoms with E-state index in [1.165, 1.54) is 36.0 Å². The molecule has 9 heteroatoms. The molecular formula is C22H23FN4O3S. The number of halogens is 1. The maximum atomic E-state index is 13.0. The second-order valence-corrected chi connectivity index (χ2v) is 7.88. The molecule has 0 aliphatic carbocycles. The van der Waals surface area contributed by atoms with Crippen LogP contribution in [0.15, 0.2) is 53.7 Å². The van der Waals surface area contributed by atoms with Crippen molar-refractivity contribution in [2.45, 2.75) is 24.5 Å². The largest absolute Gasteiger partial charge is 0.497 e. The van der Waals surface area contributed by atoms with Crippen LogP contribution < -0.4 is 10.1 Å². The van der Waals surface area contributed by atoms with E-state index in [0.29, 0.717) is 16.5 Å². The van der Waals surface area contributed by atoms with Gasteiger partial charge in [0.1, 0.15) is 11.6 Å². The number of benzene rings is 2. The topological polar surface area (TPSA) is 86.1 Å². The first-order chi connectivity index (χ1) is 14.9. The molecule has 0 aliphatic rings. The number of hydrogen-bond acceptors (Lipinski definition) is 6. The molecule has 0 bridgehead atoms. The Morgan fingerprint density at radius 1 is 1.13 bits per heavy atom. The monoisotopic (exact) mass is 442 g/mol. The molecule has 31 heavy (non-hydrogen) atoms. The molecule has 0 aliphatic heterocycles. The van der Waals surface area contributed by atoms with Gasteiger partial charge in [-0.1, -0.05) is 23.9 Å². The number of amides is 1. The van der Waals surface area contributed by atoms with Crippen molar-refractivity contribution in [2.75, 3.05) is 12.9 Å². The number of thioether (sulfide) groups is 1. The van der Waals surface area contributed by atoms with Crippen molar-refractivity contribution in [2.24, 2.45) is 7.05 Å². The smallest absolute Gasteiger partial charge is 0.224 e. The Hall–Kier alpha value is -3.20. The predicted molar refractivity (Wildman–Crippen MR) is 116 cm³/mol. The SMILES string of the molecule is COc1ccc(CC(=O)N[C@@H](C)c2nnc(SCC(=O)c3ccc(F)cc3)n2C)cc1. The van der Waals surface area contributed by atoms with Crippen molar-refractivity contribution >= 4 is 23.5 Å². The molecule has 162 valence electrons. The van der Waals surface area contributed by atoms with E-state index in [1.807, 2.05) is 31.2 Å². The van der Waals surface area contributed by atoms with Gasteiger partial charge in [-0.05, 0) is 48.9 Å². The average molecular weight is 443 g/mol. The third kappa shape index (κ3) is 5.91. The number of rotatable bonds is 9. The van der Waals surface area contributed by atoms with Gasteiger partial charge in [-0.25, -0.2) is 4.39 Å². The molecule has 3 rings (SSSR count). The maximum absolute atomic E-state index is 13.0. The highest BCUT2D eigenvalue weighted by atomic mass is 32.2. The van der Waals surface area contributed by atoms with E-state index >= 15 is 0 Å². The first kappa shape index (κ1) is 22.5. The minimum absolute atomic E-state index is 0.129. The van der Waals surface area contributed by atoms with Gasteiger partial charge in [0.2, 0.25) is 5.91 Å². The van der Waals surface area contributed by atoms with Crippen LogP contribution in [0.1, 0.15) is 34.7 Å². The molecule has 2 aromatic carbocycles. The van der Waals surface area contributed by atoms with Gasteiger partial charge in [0.25, 0.3) is 0 Å². The molecule has 0 saturated heterocycles. The van der Waals surface area contributed by atoms with Crippen molar-refractivity contribution in [3.05, 3.63) is 71.3 Å². The van der Waals surface area contributed by atoms with Crippen molar-refractivity contribution < 1.29 is 18.7 Å². The molecule has 1 aromatic heterocycles. The van der Waals surface area contributed by atoms with Crippen LogP contribution in [0.3, 0.4) is 0 Å². The number of carbonyl (C=O) groups excluding carboxylic acids is 2. The zero-order valence-electron chi connectivity index (χ0n) is 17.5. The summed E-state index contributed by atoms with van der Waals surface area (Å²) in [6, 6.07) is 12.4. The van der Waals surface area contributed by atoms with E-state index in [0.717, 1.165) is 11.3 Å². The van der Waals surface area contributed by atoms with Gasteiger partial charge in [-0.15, -0.1) is 10.2 Å². The van der Waals surface area contributed by atoms with Crippen LogP contribution in [0, 0.1) is 5.82 Å². The van der Waals surface area contributed by atoms with E-state index in [4.69, 9.17) is 4.74 Å². The molecule has 1 atom stereocenters. The third-order valence-corrected chi connectivity index (χ3v) is 5.68. The Morgan fingerprint density at radius 3 is 2.45 bits per heavy atom. The van der Waals surface area contributed by atoms with Gasteiger partial charge < -0.3 is 14.6 Å². The van der Waals surface area contributed by atoms with E-state index < -0.39 is 0 Å². The van der Waals surface area contributed by atoms with Gasteiger partial charge in [-0.2, -0.15) is 0 Å². The fourth-order valence-corrected chi connectivity index (χ4v) is 3.78. The molecular weight excluding hydrogens is 419 g/mol. The minimum atomic E-state index is -0.384. The first-order valence-corrected chi connectivity index (χ1v) is 10.6. The van der Waals surface area contributed by atoms with E-state index in [9.17, 15) is 14.0 Å². The summed E-state index contributed by atoms with van der Waals surface area (Å²) in [6.07, 6.45) is 0.236. The number of aromatic nitrogens is 3. The highest BCUT2D eigenvalue weighted by Gasteiger charge is 2.19. The van der Waals surface area contributed by atoms with Crippen LogP contribution in [0.25, 0.3) is 0 Å². The Morgan fingerprint density at radius 2 is 1.81 bits per heavy atom. The van der Waals surface area contributed by atoms with Crippen molar-refractivity contribution in [1.29, 1.82) is 0 Å². The maximum Gasteiger partial charge on any atom is 0.224 e. The minimum Gasteiger partial charge on any atom is -0.497 e. The zero-order valence-corrected chi connectivity index (χ0v) is 18.3. The molecule has 1 N–H and O–H groups in total. The highest BCUT2D eigenvalue weighted by molar-refractivity contribution is 7.99. The van der Waals surface area contributed by atoms with E-state index in [2.05, 4.69) is 15.5 Å². The Bertz CT molecular complexity index is 1050. The fraction of sp³-hybridized carbons (Fsp3) is 0.273. The first-order valence-electron chi connectivity index (χ1n) is 9.60. The molecule has 0 fully saturated rings. The Balaban J connectivity index is 1.56. The molecule has 1 heterocycles. The second-order valence-electron chi connectivity index (χ2n) is 6.93. The number of carbonyl (C=O) groups is 2. The van der Waals surface area contributed by atoms with Gasteiger partial charge in [0, 0.05) is 12.6 Å². The Labute approximate surface area is 184 Å². The summed E-state index contributed by atoms with van der Waals surface area (Å²) in [6.45, 7) is 1.83. The molecule has 3 aromatic rings. The van der Waals surface area contributed by atoms with E-state index in [-0.39, 0.29) is 35.7 Å². The van der Waals surface area contributed by atoms with Crippen LogP contribution in [-0.2, 0) is 18.3 Å². The van der Waals surface area contributed by atoms with Crippen LogP contribution in [-0.4, -0.2) is 39.3 Å². The quantitative estimate of drug-likeness (QED) is 0.404. The van der Waals surface area contributed by atoms with Crippen molar-refractivity contribution in [3.63, 3.8) is 0 Å². The summed E-state index contributed by atoms with van der Waals surface area (Å²) in [5, 5.41) is 11.8. The normalized spacial score (nSPS) is 11.7. The summed E-state index contributed by atoms with van der Waals surface area (Å²) in [4.78, 5) is 24.7. The zero-order chi connectivity index (χ0) is 22.4. The number of hydrogen-bond donors (Lipinski definition) is 1. The van der Waals surface area contributed by atoms with Gasteiger partial charge in [0.15, 0.2) is 16.8 Å². The number of methoxy groups -OCH3 is 1. The standard InChI is InChI=1S/C22H23FN4O3S/c1-14(24-20(29)12-15-4-10-18(30-3)11-5-15)21-25-26-22(27(21)2)31-13-19(28)16-6-8-17(23)9-7-16/h4-11,14H,12-13H2,1-3H3,(H,24,29)/t14-/m0/s1. The lowest BCUT2D eigenvalue weighted by atomic mass is 10.1. The van der Waals surface area contributed by atoms with Crippen molar-refractivity contribution in [1.82, 2.24) is 20.1 Å². The summed E-state index contributed by atoms with van der Waals surface area (Å²) in [7, 11) is 3.38.